The molecule has 0 spiro atoms. The molecule has 0 saturated carbocycles. The topological polar surface area (TPSA) is 91.3 Å². The Labute approximate surface area is 128 Å². The van der Waals surface area contributed by atoms with E-state index in [0.717, 1.165) is 42.8 Å². The number of rotatable bonds is 3. The summed E-state index contributed by atoms with van der Waals surface area (Å²) in [6.07, 6.45) is 3.09. The number of nitrogens with zero attached hydrogens (tertiary/aromatic N) is 2. The van der Waals surface area contributed by atoms with Gasteiger partial charge < -0.3 is 10.6 Å². The first-order valence-corrected chi connectivity index (χ1v) is 7.65. The van der Waals surface area contributed by atoms with Gasteiger partial charge in [-0.05, 0) is 33.2 Å². The van der Waals surface area contributed by atoms with Crippen molar-refractivity contribution in [2.75, 3.05) is 6.54 Å². The molecule has 3 heterocycles. The second kappa shape index (κ2) is 5.92. The molecule has 0 aromatic carbocycles. The molecule has 118 valence electrons. The van der Waals surface area contributed by atoms with E-state index in [1.165, 1.54) is 6.07 Å². The van der Waals surface area contributed by atoms with Gasteiger partial charge in [0.25, 0.3) is 5.56 Å². The molecular formula is C15H21N5O2. The normalized spacial score (nSPS) is 18.5. The minimum absolute atomic E-state index is 0.0274. The Morgan fingerprint density at radius 3 is 3.00 bits per heavy atom. The van der Waals surface area contributed by atoms with Crippen molar-refractivity contribution in [3.63, 3.8) is 0 Å². The molecule has 1 atom stereocenters. The van der Waals surface area contributed by atoms with Crippen molar-refractivity contribution in [1.82, 2.24) is 25.2 Å². The summed E-state index contributed by atoms with van der Waals surface area (Å²) in [6, 6.07) is 1.37. The van der Waals surface area contributed by atoms with Crippen LogP contribution in [-0.4, -0.2) is 33.1 Å². The fourth-order valence-electron chi connectivity index (χ4n) is 2.99. The van der Waals surface area contributed by atoms with Gasteiger partial charge in [-0.3, -0.25) is 14.7 Å². The summed E-state index contributed by atoms with van der Waals surface area (Å²) >= 11 is 0. The average molecular weight is 303 g/mol. The molecule has 22 heavy (non-hydrogen) atoms. The third-order valence-corrected chi connectivity index (χ3v) is 4.27. The molecule has 2 aromatic heterocycles. The van der Waals surface area contributed by atoms with Gasteiger partial charge in [-0.2, -0.15) is 0 Å². The number of H-pyrrole nitrogens is 1. The van der Waals surface area contributed by atoms with Gasteiger partial charge >= 0.3 is 0 Å². The van der Waals surface area contributed by atoms with E-state index in [0.29, 0.717) is 12.2 Å². The van der Waals surface area contributed by atoms with Crippen LogP contribution in [0.4, 0.5) is 0 Å². The van der Waals surface area contributed by atoms with Crippen molar-refractivity contribution in [1.29, 1.82) is 0 Å². The lowest BCUT2D eigenvalue weighted by atomic mass is 10.0. The number of aromatic amines is 1. The molecule has 1 amide bonds. The third-order valence-electron chi connectivity index (χ3n) is 4.27. The Hall–Kier alpha value is -2.15. The molecule has 1 saturated heterocycles. The number of hydrogen-bond acceptors (Lipinski definition) is 4. The van der Waals surface area contributed by atoms with E-state index in [2.05, 4.69) is 20.7 Å². The maximum atomic E-state index is 12.2. The zero-order valence-electron chi connectivity index (χ0n) is 12.9. The maximum absolute atomic E-state index is 12.2. The number of amides is 1. The molecule has 7 heteroatoms. The SMILES string of the molecule is Cc1nc2cc(=O)[nH]n2c(C)c1CNC(=O)C1CCCCN1. The highest BCUT2D eigenvalue weighted by Crippen LogP contribution is 2.13. The second-order valence-electron chi connectivity index (χ2n) is 5.80. The first-order chi connectivity index (χ1) is 10.6. The molecule has 3 rings (SSSR count). The highest BCUT2D eigenvalue weighted by molar-refractivity contribution is 5.81. The number of piperidine rings is 1. The molecule has 3 N–H and O–H groups in total. The Bertz CT molecular complexity index is 755. The van der Waals surface area contributed by atoms with E-state index < -0.39 is 0 Å². The van der Waals surface area contributed by atoms with Crippen LogP contribution >= 0.6 is 0 Å². The molecule has 7 nitrogen and oxygen atoms in total. The lowest BCUT2D eigenvalue weighted by molar-refractivity contribution is -0.123. The van der Waals surface area contributed by atoms with Crippen LogP contribution < -0.4 is 16.2 Å². The van der Waals surface area contributed by atoms with Crippen LogP contribution in [0.2, 0.25) is 0 Å². The lowest BCUT2D eigenvalue weighted by Crippen LogP contribution is -2.46. The van der Waals surface area contributed by atoms with Gasteiger partial charge in [-0.15, -0.1) is 0 Å². The average Bonchev–Trinajstić information content (AvgIpc) is 2.88. The van der Waals surface area contributed by atoms with Crippen LogP contribution in [0.5, 0.6) is 0 Å². The number of nitrogens with one attached hydrogen (secondary N) is 3. The monoisotopic (exact) mass is 303 g/mol. The molecule has 2 aromatic rings. The van der Waals surface area contributed by atoms with Gasteiger partial charge in [0.2, 0.25) is 5.91 Å². The first kappa shape index (κ1) is 14.8. The van der Waals surface area contributed by atoms with Crippen molar-refractivity contribution in [2.24, 2.45) is 0 Å². The Morgan fingerprint density at radius 1 is 1.45 bits per heavy atom. The van der Waals surface area contributed by atoms with Crippen LogP contribution in [0, 0.1) is 13.8 Å². The van der Waals surface area contributed by atoms with Crippen LogP contribution in [-0.2, 0) is 11.3 Å². The molecular weight excluding hydrogens is 282 g/mol. The van der Waals surface area contributed by atoms with Crippen molar-refractivity contribution in [3.8, 4) is 0 Å². The molecule has 0 bridgehead atoms. The largest absolute Gasteiger partial charge is 0.351 e. The summed E-state index contributed by atoms with van der Waals surface area (Å²) in [7, 11) is 0. The quantitative estimate of drug-likeness (QED) is 0.765. The molecule has 0 radical (unpaired) electrons. The highest BCUT2D eigenvalue weighted by Gasteiger charge is 2.20. The predicted molar refractivity (Wildman–Crippen MR) is 82.8 cm³/mol. The predicted octanol–water partition coefficient (Wildman–Crippen LogP) is 0.398. The van der Waals surface area contributed by atoms with Crippen LogP contribution in [0.3, 0.4) is 0 Å². The minimum Gasteiger partial charge on any atom is -0.351 e. The summed E-state index contributed by atoms with van der Waals surface area (Å²) < 4.78 is 1.66. The minimum atomic E-state index is -0.178. The number of fused-ring (bicyclic) bond motifs is 1. The van der Waals surface area contributed by atoms with E-state index in [-0.39, 0.29) is 17.5 Å². The highest BCUT2D eigenvalue weighted by atomic mass is 16.2. The van der Waals surface area contributed by atoms with Crippen LogP contribution in [0.25, 0.3) is 5.65 Å². The molecule has 1 aliphatic rings. The Balaban J connectivity index is 1.78. The van der Waals surface area contributed by atoms with Gasteiger partial charge in [0, 0.05) is 29.6 Å². The van der Waals surface area contributed by atoms with E-state index in [9.17, 15) is 9.59 Å². The summed E-state index contributed by atoms with van der Waals surface area (Å²) in [5, 5.41) is 8.93. The lowest BCUT2D eigenvalue weighted by Gasteiger charge is -2.23. The summed E-state index contributed by atoms with van der Waals surface area (Å²) in [5.41, 5.74) is 3.07. The van der Waals surface area contributed by atoms with Crippen LogP contribution in [0.1, 0.15) is 36.2 Å². The smallest absolute Gasteiger partial charge is 0.266 e. The van der Waals surface area contributed by atoms with E-state index >= 15 is 0 Å². The number of hydrogen-bond donors (Lipinski definition) is 3. The van der Waals surface area contributed by atoms with Crippen molar-refractivity contribution in [3.05, 3.63) is 33.4 Å². The Morgan fingerprint density at radius 2 is 2.27 bits per heavy atom. The van der Waals surface area contributed by atoms with Gasteiger partial charge in [0.1, 0.15) is 0 Å². The van der Waals surface area contributed by atoms with E-state index in [4.69, 9.17) is 0 Å². The molecule has 0 aliphatic carbocycles. The van der Waals surface area contributed by atoms with Crippen molar-refractivity contribution >= 4 is 11.6 Å². The summed E-state index contributed by atoms with van der Waals surface area (Å²) in [4.78, 5) is 28.1. The van der Waals surface area contributed by atoms with Gasteiger partial charge in [0.15, 0.2) is 5.65 Å². The molecule has 1 unspecified atom stereocenters. The van der Waals surface area contributed by atoms with Gasteiger partial charge in [0.05, 0.1) is 6.04 Å². The summed E-state index contributed by atoms with van der Waals surface area (Å²) in [6.45, 7) is 5.12. The fourth-order valence-corrected chi connectivity index (χ4v) is 2.99. The number of aryl methyl sites for hydroxylation is 2. The van der Waals surface area contributed by atoms with Gasteiger partial charge in [-0.1, -0.05) is 6.42 Å². The third kappa shape index (κ3) is 2.76. The van der Waals surface area contributed by atoms with E-state index in [1.807, 2.05) is 13.8 Å². The zero-order chi connectivity index (χ0) is 15.7. The molecule has 1 fully saturated rings. The standard InChI is InChI=1S/C15H21N5O2/c1-9-11(8-17-15(22)12-5-3-4-6-16-12)10(2)20-13(18-9)7-14(21)19-20/h7,12,16H,3-6,8H2,1-2H3,(H,17,22)(H,19,21). The van der Waals surface area contributed by atoms with Gasteiger partial charge in [-0.25, -0.2) is 9.50 Å². The van der Waals surface area contributed by atoms with Crippen molar-refractivity contribution in [2.45, 2.75) is 45.7 Å². The molecule has 1 aliphatic heterocycles. The van der Waals surface area contributed by atoms with Crippen molar-refractivity contribution < 1.29 is 4.79 Å². The number of carbonyl (C=O) groups excluding carboxylic acids is 1. The Kier molecular flexibility index (Phi) is 3.98. The first-order valence-electron chi connectivity index (χ1n) is 7.65. The van der Waals surface area contributed by atoms with E-state index in [1.54, 1.807) is 4.52 Å². The zero-order valence-corrected chi connectivity index (χ0v) is 12.9. The van der Waals surface area contributed by atoms with Crippen LogP contribution in [0.15, 0.2) is 10.9 Å². The maximum Gasteiger partial charge on any atom is 0.266 e. The summed E-state index contributed by atoms with van der Waals surface area (Å²) in [5.74, 6) is 0.0274. The fraction of sp³-hybridized carbons (Fsp3) is 0.533. The number of aromatic nitrogens is 3. The number of carbonyl (C=O) groups is 1. The second-order valence-corrected chi connectivity index (χ2v) is 5.80.